The van der Waals surface area contributed by atoms with E-state index < -0.39 is 0 Å². The van der Waals surface area contributed by atoms with Gasteiger partial charge in [-0.1, -0.05) is 18.2 Å². The van der Waals surface area contributed by atoms with Gasteiger partial charge in [0.15, 0.2) is 11.5 Å². The Bertz CT molecular complexity index is 754. The van der Waals surface area contributed by atoms with Crippen molar-refractivity contribution in [1.82, 2.24) is 4.98 Å². The molecule has 1 aliphatic rings. The number of oxazole rings is 1. The Morgan fingerprint density at radius 1 is 1.05 bits per heavy atom. The molecule has 1 aromatic heterocycles. The molecule has 1 fully saturated rings. The predicted molar refractivity (Wildman–Crippen MR) is 78.0 cm³/mol. The van der Waals surface area contributed by atoms with Gasteiger partial charge in [0.1, 0.15) is 11.3 Å². The molecule has 0 N–H and O–H groups in total. The molecule has 0 atom stereocenters. The summed E-state index contributed by atoms with van der Waals surface area (Å²) in [6, 6.07) is 14.2. The van der Waals surface area contributed by atoms with Crippen molar-refractivity contribution in [2.24, 2.45) is 0 Å². The third kappa shape index (κ3) is 1.95. The highest BCUT2D eigenvalue weighted by Gasteiger charge is 2.28. The molecule has 2 aromatic carbocycles. The largest absolute Gasteiger partial charge is 0.497 e. The van der Waals surface area contributed by atoms with E-state index in [1.165, 1.54) is 12.8 Å². The van der Waals surface area contributed by atoms with Gasteiger partial charge < -0.3 is 9.15 Å². The molecule has 100 valence electrons. The zero-order valence-corrected chi connectivity index (χ0v) is 11.3. The average molecular weight is 265 g/mol. The van der Waals surface area contributed by atoms with Crippen LogP contribution in [0.15, 0.2) is 46.9 Å². The van der Waals surface area contributed by atoms with E-state index in [4.69, 9.17) is 9.15 Å². The molecule has 3 aromatic rings. The van der Waals surface area contributed by atoms with Crippen molar-refractivity contribution < 1.29 is 9.15 Å². The van der Waals surface area contributed by atoms with Crippen LogP contribution in [0, 0.1) is 0 Å². The molecule has 1 aliphatic carbocycles. The third-order valence-electron chi connectivity index (χ3n) is 3.75. The Kier molecular flexibility index (Phi) is 2.52. The number of ether oxygens (including phenoxy) is 1. The van der Waals surface area contributed by atoms with E-state index in [0.29, 0.717) is 5.92 Å². The summed E-state index contributed by atoms with van der Waals surface area (Å²) in [5.74, 6) is 2.31. The number of hydrogen-bond acceptors (Lipinski definition) is 3. The minimum Gasteiger partial charge on any atom is -0.497 e. The summed E-state index contributed by atoms with van der Waals surface area (Å²) in [4.78, 5) is 4.60. The van der Waals surface area contributed by atoms with E-state index in [2.05, 4.69) is 29.2 Å². The fourth-order valence-corrected chi connectivity index (χ4v) is 2.41. The lowest BCUT2D eigenvalue weighted by Gasteiger charge is -2.03. The van der Waals surface area contributed by atoms with Gasteiger partial charge in [0.05, 0.1) is 7.11 Å². The SMILES string of the molecule is COc1ccc(-c2ccc3oc(C4CC4)nc3c2)cc1. The normalized spacial score (nSPS) is 14.7. The molecule has 4 rings (SSSR count). The van der Waals surface area contributed by atoms with Gasteiger partial charge >= 0.3 is 0 Å². The molecule has 0 spiro atoms. The molecule has 0 radical (unpaired) electrons. The van der Waals surface area contributed by atoms with Crippen LogP contribution in [0.4, 0.5) is 0 Å². The standard InChI is InChI=1S/C17H15NO2/c1-19-14-7-4-11(5-8-14)13-6-9-16-15(10-13)18-17(20-16)12-2-3-12/h4-10,12H,2-3H2,1H3. The van der Waals surface area contributed by atoms with Gasteiger partial charge in [0.2, 0.25) is 0 Å². The lowest BCUT2D eigenvalue weighted by molar-refractivity contribution is 0.415. The van der Waals surface area contributed by atoms with Crippen LogP contribution in [-0.2, 0) is 0 Å². The van der Waals surface area contributed by atoms with Crippen LogP contribution in [0.1, 0.15) is 24.7 Å². The van der Waals surface area contributed by atoms with E-state index in [1.807, 2.05) is 18.2 Å². The maximum absolute atomic E-state index is 5.79. The molecule has 20 heavy (non-hydrogen) atoms. The van der Waals surface area contributed by atoms with Crippen LogP contribution in [0.5, 0.6) is 5.75 Å². The Labute approximate surface area is 117 Å². The smallest absolute Gasteiger partial charge is 0.198 e. The first-order valence-corrected chi connectivity index (χ1v) is 6.88. The van der Waals surface area contributed by atoms with Crippen LogP contribution in [0.25, 0.3) is 22.2 Å². The minimum atomic E-state index is 0.548. The minimum absolute atomic E-state index is 0.548. The van der Waals surface area contributed by atoms with Crippen molar-refractivity contribution in [3.05, 3.63) is 48.4 Å². The summed E-state index contributed by atoms with van der Waals surface area (Å²) in [6.45, 7) is 0. The average Bonchev–Trinajstić information content (AvgIpc) is 3.26. The summed E-state index contributed by atoms with van der Waals surface area (Å²) in [6.07, 6.45) is 2.41. The number of rotatable bonds is 3. The lowest BCUT2D eigenvalue weighted by Crippen LogP contribution is -1.83. The molecular formula is C17H15NO2. The van der Waals surface area contributed by atoms with Crippen LogP contribution in [-0.4, -0.2) is 12.1 Å². The van der Waals surface area contributed by atoms with Gasteiger partial charge in [0, 0.05) is 5.92 Å². The number of nitrogens with zero attached hydrogens (tertiary/aromatic N) is 1. The second kappa shape index (κ2) is 4.37. The Morgan fingerprint density at radius 2 is 1.80 bits per heavy atom. The van der Waals surface area contributed by atoms with Crippen LogP contribution in [0.3, 0.4) is 0 Å². The molecule has 0 amide bonds. The lowest BCUT2D eigenvalue weighted by atomic mass is 10.1. The fraction of sp³-hybridized carbons (Fsp3) is 0.235. The number of hydrogen-bond donors (Lipinski definition) is 0. The molecule has 0 saturated heterocycles. The number of fused-ring (bicyclic) bond motifs is 1. The maximum atomic E-state index is 5.79. The summed E-state index contributed by atoms with van der Waals surface area (Å²) >= 11 is 0. The Morgan fingerprint density at radius 3 is 2.50 bits per heavy atom. The van der Waals surface area contributed by atoms with E-state index in [9.17, 15) is 0 Å². The van der Waals surface area contributed by atoms with E-state index >= 15 is 0 Å². The van der Waals surface area contributed by atoms with Gasteiger partial charge in [-0.25, -0.2) is 4.98 Å². The van der Waals surface area contributed by atoms with Crippen LogP contribution in [0.2, 0.25) is 0 Å². The van der Waals surface area contributed by atoms with Gasteiger partial charge in [0.25, 0.3) is 0 Å². The van der Waals surface area contributed by atoms with E-state index in [1.54, 1.807) is 7.11 Å². The molecule has 1 saturated carbocycles. The molecular weight excluding hydrogens is 250 g/mol. The van der Waals surface area contributed by atoms with Crippen molar-refractivity contribution in [3.63, 3.8) is 0 Å². The van der Waals surface area contributed by atoms with Gasteiger partial charge in [-0.2, -0.15) is 0 Å². The molecule has 0 aliphatic heterocycles. The first-order chi connectivity index (χ1) is 9.83. The van der Waals surface area contributed by atoms with Crippen LogP contribution < -0.4 is 4.74 Å². The third-order valence-corrected chi connectivity index (χ3v) is 3.75. The molecule has 1 heterocycles. The zero-order valence-electron chi connectivity index (χ0n) is 11.3. The fourth-order valence-electron chi connectivity index (χ4n) is 2.41. The summed E-state index contributed by atoms with van der Waals surface area (Å²) < 4.78 is 11.0. The van der Waals surface area contributed by atoms with E-state index in [0.717, 1.165) is 33.9 Å². The molecule has 3 nitrogen and oxygen atoms in total. The highest BCUT2D eigenvalue weighted by molar-refractivity contribution is 5.80. The van der Waals surface area contributed by atoms with Crippen molar-refractivity contribution in [3.8, 4) is 16.9 Å². The number of aromatic nitrogens is 1. The number of methoxy groups -OCH3 is 1. The second-order valence-electron chi connectivity index (χ2n) is 5.24. The first kappa shape index (κ1) is 11.5. The second-order valence-corrected chi connectivity index (χ2v) is 5.24. The monoisotopic (exact) mass is 265 g/mol. The topological polar surface area (TPSA) is 35.3 Å². The first-order valence-electron chi connectivity index (χ1n) is 6.88. The summed E-state index contributed by atoms with van der Waals surface area (Å²) in [5, 5.41) is 0. The van der Waals surface area contributed by atoms with Gasteiger partial charge in [-0.15, -0.1) is 0 Å². The Balaban J connectivity index is 1.74. The van der Waals surface area contributed by atoms with Crippen molar-refractivity contribution >= 4 is 11.1 Å². The summed E-state index contributed by atoms with van der Waals surface area (Å²) in [7, 11) is 1.68. The highest BCUT2D eigenvalue weighted by Crippen LogP contribution is 2.40. The van der Waals surface area contributed by atoms with Crippen molar-refractivity contribution in [1.29, 1.82) is 0 Å². The Hall–Kier alpha value is -2.29. The number of benzene rings is 2. The highest BCUT2D eigenvalue weighted by atomic mass is 16.5. The van der Waals surface area contributed by atoms with E-state index in [-0.39, 0.29) is 0 Å². The van der Waals surface area contributed by atoms with Gasteiger partial charge in [-0.3, -0.25) is 0 Å². The molecule has 0 unspecified atom stereocenters. The summed E-state index contributed by atoms with van der Waals surface area (Å²) in [5.41, 5.74) is 4.13. The predicted octanol–water partition coefficient (Wildman–Crippen LogP) is 4.38. The zero-order chi connectivity index (χ0) is 13.5. The molecule has 0 bridgehead atoms. The van der Waals surface area contributed by atoms with Gasteiger partial charge in [-0.05, 0) is 48.2 Å². The van der Waals surface area contributed by atoms with Crippen molar-refractivity contribution in [2.75, 3.05) is 7.11 Å². The van der Waals surface area contributed by atoms with Crippen LogP contribution >= 0.6 is 0 Å². The quantitative estimate of drug-likeness (QED) is 0.705. The van der Waals surface area contributed by atoms with Crippen molar-refractivity contribution in [2.45, 2.75) is 18.8 Å². The maximum Gasteiger partial charge on any atom is 0.198 e. The molecule has 3 heteroatoms.